The summed E-state index contributed by atoms with van der Waals surface area (Å²) >= 11 is 1.82. The number of hydrogen-bond acceptors (Lipinski definition) is 4. The van der Waals surface area contributed by atoms with Crippen molar-refractivity contribution in [1.82, 2.24) is 14.8 Å². The lowest BCUT2D eigenvalue weighted by Gasteiger charge is -2.14. The van der Waals surface area contributed by atoms with E-state index in [0.29, 0.717) is 0 Å². The highest BCUT2D eigenvalue weighted by molar-refractivity contribution is 7.22. The monoisotopic (exact) mass is 466 g/mol. The van der Waals surface area contributed by atoms with E-state index in [-0.39, 0.29) is 0 Å². The highest BCUT2D eigenvalue weighted by atomic mass is 32.1. The predicted octanol–water partition coefficient (Wildman–Crippen LogP) is 7.30. The Hall–Kier alpha value is -3.18. The van der Waals surface area contributed by atoms with Crippen molar-refractivity contribution in [2.75, 3.05) is 18.0 Å². The molecule has 0 N–H and O–H groups in total. The number of anilines is 1. The van der Waals surface area contributed by atoms with Crippen molar-refractivity contribution in [2.24, 2.45) is 7.05 Å². The summed E-state index contributed by atoms with van der Waals surface area (Å²) in [5, 5.41) is 7.18. The molecule has 0 amide bonds. The topological polar surface area (TPSA) is 34.0 Å². The van der Waals surface area contributed by atoms with E-state index in [0.717, 1.165) is 35.9 Å². The number of hydrogen-bond donors (Lipinski definition) is 0. The van der Waals surface area contributed by atoms with Crippen LogP contribution in [-0.2, 0) is 13.5 Å². The largest absolute Gasteiger partial charge is 0.355 e. The molecule has 4 nitrogen and oxygen atoms in total. The minimum Gasteiger partial charge on any atom is -0.355 e. The van der Waals surface area contributed by atoms with Gasteiger partial charge in [0, 0.05) is 36.7 Å². The molecule has 1 fully saturated rings. The first kappa shape index (κ1) is 21.4. The van der Waals surface area contributed by atoms with Crippen LogP contribution in [0.15, 0.2) is 48.5 Å². The summed E-state index contributed by atoms with van der Waals surface area (Å²) in [7, 11) is 2.04. The maximum absolute atomic E-state index is 5.14. The zero-order valence-electron chi connectivity index (χ0n) is 20.4. The second kappa shape index (κ2) is 8.24. The molecule has 1 aliphatic rings. The van der Waals surface area contributed by atoms with Gasteiger partial charge < -0.3 is 4.90 Å². The summed E-state index contributed by atoms with van der Waals surface area (Å²) in [4.78, 5) is 7.57. The third kappa shape index (κ3) is 3.41. The molecule has 5 aromatic rings. The quantitative estimate of drug-likeness (QED) is 0.279. The van der Waals surface area contributed by atoms with Crippen molar-refractivity contribution in [1.29, 1.82) is 0 Å². The zero-order chi connectivity index (χ0) is 23.4. The third-order valence-corrected chi connectivity index (χ3v) is 8.33. The van der Waals surface area contributed by atoms with Gasteiger partial charge in [0.05, 0.1) is 15.7 Å². The Bertz CT molecular complexity index is 1520. The normalized spacial score (nSPS) is 14.1. The van der Waals surface area contributed by atoms with Crippen LogP contribution in [0.4, 0.5) is 5.82 Å². The van der Waals surface area contributed by atoms with E-state index >= 15 is 0 Å². The molecule has 3 heterocycles. The number of thiazole rings is 1. The number of benzene rings is 3. The van der Waals surface area contributed by atoms with E-state index in [4.69, 9.17) is 10.1 Å². The van der Waals surface area contributed by atoms with Gasteiger partial charge in [-0.3, -0.25) is 4.68 Å². The van der Waals surface area contributed by atoms with Crippen LogP contribution >= 0.6 is 11.3 Å². The van der Waals surface area contributed by atoms with Gasteiger partial charge in [0.2, 0.25) is 0 Å². The fourth-order valence-corrected chi connectivity index (χ4v) is 6.52. The summed E-state index contributed by atoms with van der Waals surface area (Å²) in [6.45, 7) is 8.81. The van der Waals surface area contributed by atoms with Crippen molar-refractivity contribution in [3.05, 3.63) is 65.2 Å². The van der Waals surface area contributed by atoms with Crippen LogP contribution in [-0.4, -0.2) is 27.9 Å². The molecule has 0 bridgehead atoms. The molecule has 0 radical (unpaired) electrons. The molecule has 0 spiro atoms. The molecular weight excluding hydrogens is 436 g/mol. The Kier molecular flexibility index (Phi) is 5.18. The second-order valence-corrected chi connectivity index (χ2v) is 10.5. The Morgan fingerprint density at radius 3 is 2.41 bits per heavy atom. The molecule has 0 unspecified atom stereocenters. The number of fused-ring (bicyclic) bond motifs is 2. The minimum atomic E-state index is 1.01. The first-order valence-corrected chi connectivity index (χ1v) is 13.1. The number of aryl methyl sites for hydroxylation is 3. The van der Waals surface area contributed by atoms with Gasteiger partial charge >= 0.3 is 0 Å². The van der Waals surface area contributed by atoms with Gasteiger partial charge in [-0.15, -0.1) is 11.3 Å². The lowest BCUT2D eigenvalue weighted by atomic mass is 9.93. The van der Waals surface area contributed by atoms with Crippen LogP contribution in [0.1, 0.15) is 36.5 Å². The van der Waals surface area contributed by atoms with E-state index in [2.05, 4.69) is 74.2 Å². The molecule has 3 aromatic carbocycles. The molecular formula is C29H30N4S. The summed E-state index contributed by atoms with van der Waals surface area (Å²) in [6.07, 6.45) is 3.51. The van der Waals surface area contributed by atoms with E-state index in [1.807, 2.05) is 23.1 Å². The maximum atomic E-state index is 5.14. The summed E-state index contributed by atoms with van der Waals surface area (Å²) in [5.74, 6) is 1.11. The van der Waals surface area contributed by atoms with Gasteiger partial charge in [0.1, 0.15) is 5.01 Å². The fourth-order valence-electron chi connectivity index (χ4n) is 5.38. The predicted molar refractivity (Wildman–Crippen MR) is 145 cm³/mol. The highest BCUT2D eigenvalue weighted by Crippen LogP contribution is 2.41. The Labute approximate surface area is 204 Å². The maximum Gasteiger partial charge on any atom is 0.158 e. The van der Waals surface area contributed by atoms with Crippen molar-refractivity contribution in [3.8, 4) is 21.7 Å². The van der Waals surface area contributed by atoms with Crippen LogP contribution in [0.25, 0.3) is 42.8 Å². The Morgan fingerprint density at radius 1 is 0.941 bits per heavy atom. The van der Waals surface area contributed by atoms with Crippen LogP contribution in [0.3, 0.4) is 0 Å². The first-order chi connectivity index (χ1) is 16.5. The van der Waals surface area contributed by atoms with Gasteiger partial charge in [-0.1, -0.05) is 36.8 Å². The van der Waals surface area contributed by atoms with Crippen molar-refractivity contribution >= 4 is 38.3 Å². The molecule has 1 saturated heterocycles. The van der Waals surface area contributed by atoms with Crippen molar-refractivity contribution in [3.63, 3.8) is 0 Å². The molecule has 0 aliphatic carbocycles. The summed E-state index contributed by atoms with van der Waals surface area (Å²) in [5.41, 5.74) is 10.1. The summed E-state index contributed by atoms with van der Waals surface area (Å²) in [6, 6.07) is 17.9. The summed E-state index contributed by atoms with van der Waals surface area (Å²) < 4.78 is 3.30. The smallest absolute Gasteiger partial charge is 0.158 e. The standard InChI is InChI=1S/C29H30N4S/c1-5-22-19(3)16-24-27(26(22)20-10-8-18(2)9-11-20)34-29(30-24)21-12-13-25-23(17-21)28(31-32(25)4)33-14-6-7-15-33/h8-13,16-17H,5-7,14-15H2,1-4H3. The third-order valence-electron chi connectivity index (χ3n) is 7.19. The van der Waals surface area contributed by atoms with Crippen molar-refractivity contribution in [2.45, 2.75) is 40.0 Å². The van der Waals surface area contributed by atoms with Crippen LogP contribution in [0.2, 0.25) is 0 Å². The Morgan fingerprint density at radius 2 is 1.68 bits per heavy atom. The molecule has 6 rings (SSSR count). The number of aromatic nitrogens is 3. The molecule has 0 atom stereocenters. The highest BCUT2D eigenvalue weighted by Gasteiger charge is 2.21. The van der Waals surface area contributed by atoms with E-state index < -0.39 is 0 Å². The molecule has 5 heteroatoms. The first-order valence-electron chi connectivity index (χ1n) is 12.3. The molecule has 172 valence electrons. The fraction of sp³-hybridized carbons (Fsp3) is 0.310. The van der Waals surface area contributed by atoms with Crippen LogP contribution < -0.4 is 4.90 Å². The van der Waals surface area contributed by atoms with Gasteiger partial charge in [-0.2, -0.15) is 5.10 Å². The van der Waals surface area contributed by atoms with Gasteiger partial charge in [-0.25, -0.2) is 4.98 Å². The number of nitrogens with zero attached hydrogens (tertiary/aromatic N) is 4. The Balaban J connectivity index is 1.54. The molecule has 34 heavy (non-hydrogen) atoms. The van der Waals surface area contributed by atoms with Gasteiger partial charge in [0.15, 0.2) is 5.82 Å². The second-order valence-electron chi connectivity index (χ2n) is 9.51. The van der Waals surface area contributed by atoms with Crippen molar-refractivity contribution < 1.29 is 0 Å². The molecule has 1 aliphatic heterocycles. The van der Waals surface area contributed by atoms with Gasteiger partial charge in [0.25, 0.3) is 0 Å². The van der Waals surface area contributed by atoms with Crippen LogP contribution in [0, 0.1) is 13.8 Å². The van der Waals surface area contributed by atoms with E-state index in [9.17, 15) is 0 Å². The van der Waals surface area contributed by atoms with Crippen LogP contribution in [0.5, 0.6) is 0 Å². The average molecular weight is 467 g/mol. The molecule has 2 aromatic heterocycles. The lowest BCUT2D eigenvalue weighted by molar-refractivity contribution is 0.779. The van der Waals surface area contributed by atoms with Gasteiger partial charge in [-0.05, 0) is 74.1 Å². The van der Waals surface area contributed by atoms with E-state index in [1.54, 1.807) is 0 Å². The SMILES string of the molecule is CCc1c(C)cc2nc(-c3ccc4c(c3)c(N3CCCC3)nn4C)sc2c1-c1ccc(C)cc1. The zero-order valence-corrected chi connectivity index (χ0v) is 21.2. The molecule has 0 saturated carbocycles. The minimum absolute atomic E-state index is 1.01. The van der Waals surface area contributed by atoms with E-state index in [1.165, 1.54) is 61.8 Å². The lowest BCUT2D eigenvalue weighted by Crippen LogP contribution is -2.18. The average Bonchev–Trinajstić information content (AvgIpc) is 3.58. The number of rotatable bonds is 4.